The predicted molar refractivity (Wildman–Crippen MR) is 97.6 cm³/mol. The fraction of sp³-hybridized carbons (Fsp3) is 0.100. The molecule has 0 radical (unpaired) electrons. The van der Waals surface area contributed by atoms with E-state index in [4.69, 9.17) is 4.74 Å². The van der Waals surface area contributed by atoms with Crippen molar-refractivity contribution in [3.8, 4) is 16.9 Å². The van der Waals surface area contributed by atoms with Crippen LogP contribution in [-0.2, 0) is 17.2 Å². The molecule has 1 aliphatic heterocycles. The van der Waals surface area contributed by atoms with Gasteiger partial charge in [-0.1, -0.05) is 12.1 Å². The van der Waals surface area contributed by atoms with Crippen LogP contribution in [0.1, 0.15) is 5.56 Å². The van der Waals surface area contributed by atoms with Crippen LogP contribution in [0.15, 0.2) is 65.6 Å². The molecule has 29 heavy (non-hydrogen) atoms. The van der Waals surface area contributed by atoms with Crippen LogP contribution in [0, 0.1) is 11.6 Å². The van der Waals surface area contributed by atoms with Crippen molar-refractivity contribution in [2.24, 2.45) is 0 Å². The third-order valence-electron chi connectivity index (χ3n) is 4.37. The number of fused-ring (bicyclic) bond motifs is 1. The molecule has 0 N–H and O–H groups in total. The Morgan fingerprint density at radius 1 is 0.966 bits per heavy atom. The van der Waals surface area contributed by atoms with Crippen LogP contribution in [0.2, 0.25) is 0 Å². The summed E-state index contributed by atoms with van der Waals surface area (Å²) >= 11 is 0. The lowest BCUT2D eigenvalue weighted by atomic mass is 10.0. The smallest absolute Gasteiger partial charge is 0.416 e. The molecular weight excluding hydrogens is 413 g/mol. The molecule has 9 heteroatoms. The van der Waals surface area contributed by atoms with Crippen LogP contribution >= 0.6 is 0 Å². The maximum absolute atomic E-state index is 14.1. The molecule has 1 atom stereocenters. The SMILES string of the molecule is O=S(c1cccc(C(F)(F)F)c1)N1COc2ccc(-c3cc(F)ccc3F)cc21. The molecule has 0 amide bonds. The molecule has 0 fully saturated rings. The number of benzene rings is 3. The first-order chi connectivity index (χ1) is 13.7. The zero-order valence-electron chi connectivity index (χ0n) is 14.5. The van der Waals surface area contributed by atoms with Crippen LogP contribution in [0.25, 0.3) is 11.1 Å². The van der Waals surface area contributed by atoms with Crippen molar-refractivity contribution in [1.29, 1.82) is 0 Å². The van der Waals surface area contributed by atoms with Crippen molar-refractivity contribution in [2.45, 2.75) is 11.1 Å². The fourth-order valence-corrected chi connectivity index (χ4v) is 4.11. The summed E-state index contributed by atoms with van der Waals surface area (Å²) in [4.78, 5) is -0.0568. The van der Waals surface area contributed by atoms with Gasteiger partial charge in [-0.2, -0.15) is 13.2 Å². The van der Waals surface area contributed by atoms with Crippen LogP contribution in [0.5, 0.6) is 5.75 Å². The first-order valence-electron chi connectivity index (χ1n) is 8.33. The highest BCUT2D eigenvalue weighted by Gasteiger charge is 2.32. The summed E-state index contributed by atoms with van der Waals surface area (Å²) in [5.41, 5.74) is -0.289. The summed E-state index contributed by atoms with van der Waals surface area (Å²) in [6.07, 6.45) is -4.57. The molecule has 1 unspecified atom stereocenters. The van der Waals surface area contributed by atoms with E-state index in [2.05, 4.69) is 0 Å². The van der Waals surface area contributed by atoms with Gasteiger partial charge in [0, 0.05) is 5.56 Å². The minimum Gasteiger partial charge on any atom is -0.470 e. The van der Waals surface area contributed by atoms with Crippen molar-refractivity contribution in [3.05, 3.63) is 77.9 Å². The Hall–Kier alpha value is -2.94. The Kier molecular flexibility index (Phi) is 4.77. The van der Waals surface area contributed by atoms with E-state index < -0.39 is 34.4 Å². The molecule has 4 rings (SSSR count). The van der Waals surface area contributed by atoms with Gasteiger partial charge in [-0.15, -0.1) is 0 Å². The number of hydrogen-bond acceptors (Lipinski definition) is 2. The van der Waals surface area contributed by atoms with E-state index in [1.165, 1.54) is 34.6 Å². The average molecular weight is 425 g/mol. The van der Waals surface area contributed by atoms with Crippen molar-refractivity contribution < 1.29 is 30.9 Å². The molecule has 0 aliphatic carbocycles. The molecule has 150 valence electrons. The summed E-state index contributed by atoms with van der Waals surface area (Å²) < 4.78 is 86.1. The topological polar surface area (TPSA) is 29.5 Å². The van der Waals surface area contributed by atoms with Crippen molar-refractivity contribution in [2.75, 3.05) is 11.0 Å². The quantitative estimate of drug-likeness (QED) is 0.517. The van der Waals surface area contributed by atoms with Gasteiger partial charge in [0.15, 0.2) is 17.7 Å². The summed E-state index contributed by atoms with van der Waals surface area (Å²) in [6, 6.07) is 11.7. The molecule has 1 aliphatic rings. The molecule has 3 aromatic rings. The highest BCUT2D eigenvalue weighted by molar-refractivity contribution is 7.86. The molecular formula is C20H12F5NO2S. The van der Waals surface area contributed by atoms with E-state index in [-0.39, 0.29) is 17.2 Å². The van der Waals surface area contributed by atoms with Gasteiger partial charge in [-0.3, -0.25) is 0 Å². The molecule has 0 aromatic heterocycles. The van der Waals surface area contributed by atoms with E-state index in [0.717, 1.165) is 30.3 Å². The number of ether oxygens (including phenoxy) is 1. The second-order valence-corrected chi connectivity index (χ2v) is 7.64. The van der Waals surface area contributed by atoms with E-state index >= 15 is 0 Å². The molecule has 0 saturated heterocycles. The Labute approximate surface area is 164 Å². The molecule has 3 aromatic carbocycles. The largest absolute Gasteiger partial charge is 0.470 e. The maximum Gasteiger partial charge on any atom is 0.416 e. The van der Waals surface area contributed by atoms with Crippen molar-refractivity contribution >= 4 is 16.7 Å². The second kappa shape index (κ2) is 7.14. The molecule has 0 saturated carbocycles. The fourth-order valence-electron chi connectivity index (χ4n) is 2.96. The Balaban J connectivity index is 1.72. The van der Waals surface area contributed by atoms with E-state index in [0.29, 0.717) is 17.0 Å². The Bertz CT molecular complexity index is 1120. The summed E-state index contributed by atoms with van der Waals surface area (Å²) in [6.45, 7) is -0.159. The third-order valence-corrected chi connectivity index (χ3v) is 5.73. The van der Waals surface area contributed by atoms with E-state index in [1.54, 1.807) is 0 Å². The lowest BCUT2D eigenvalue weighted by Gasteiger charge is -2.17. The van der Waals surface area contributed by atoms with E-state index in [9.17, 15) is 26.2 Å². The number of halogens is 5. The molecule has 3 nitrogen and oxygen atoms in total. The van der Waals surface area contributed by atoms with Crippen LogP contribution in [0.4, 0.5) is 27.6 Å². The zero-order chi connectivity index (χ0) is 20.8. The highest BCUT2D eigenvalue weighted by Crippen LogP contribution is 2.40. The van der Waals surface area contributed by atoms with Crippen LogP contribution < -0.4 is 9.04 Å². The number of hydrogen-bond donors (Lipinski definition) is 0. The number of nitrogens with zero attached hydrogens (tertiary/aromatic N) is 1. The van der Waals surface area contributed by atoms with Crippen molar-refractivity contribution in [3.63, 3.8) is 0 Å². The van der Waals surface area contributed by atoms with Crippen LogP contribution in [0.3, 0.4) is 0 Å². The van der Waals surface area contributed by atoms with Gasteiger partial charge >= 0.3 is 6.18 Å². The summed E-state index contributed by atoms with van der Waals surface area (Å²) in [7, 11) is -2.00. The number of anilines is 1. The van der Waals surface area contributed by atoms with Gasteiger partial charge in [-0.25, -0.2) is 17.3 Å². The standard InChI is InChI=1S/C20H12F5NO2S/c21-14-5-6-17(22)16(10-14)12-4-7-19-18(8-12)26(11-28-19)29(27)15-3-1-2-13(9-15)20(23,24)25/h1-10H,11H2. The minimum atomic E-state index is -4.57. The molecule has 1 heterocycles. The van der Waals surface area contributed by atoms with E-state index in [1.807, 2.05) is 0 Å². The van der Waals surface area contributed by atoms with Gasteiger partial charge in [0.2, 0.25) is 0 Å². The monoisotopic (exact) mass is 425 g/mol. The summed E-state index contributed by atoms with van der Waals surface area (Å²) in [5.74, 6) is -0.927. The zero-order valence-corrected chi connectivity index (χ0v) is 15.4. The predicted octanol–water partition coefficient (Wildman–Crippen LogP) is 5.53. The van der Waals surface area contributed by atoms with Gasteiger partial charge in [0.1, 0.15) is 17.4 Å². The lowest BCUT2D eigenvalue weighted by molar-refractivity contribution is -0.137. The number of rotatable bonds is 3. The minimum absolute atomic E-state index is 0.00417. The molecule has 0 spiro atoms. The first kappa shape index (κ1) is 19.4. The summed E-state index contributed by atoms with van der Waals surface area (Å²) in [5, 5.41) is 0. The lowest BCUT2D eigenvalue weighted by Crippen LogP contribution is -2.25. The Morgan fingerprint density at radius 3 is 2.52 bits per heavy atom. The van der Waals surface area contributed by atoms with Crippen LogP contribution in [-0.4, -0.2) is 10.9 Å². The normalized spacial score (nSPS) is 14.4. The number of alkyl halides is 3. The molecule has 0 bridgehead atoms. The maximum atomic E-state index is 14.1. The third kappa shape index (κ3) is 3.69. The van der Waals surface area contributed by atoms with Gasteiger partial charge in [0.25, 0.3) is 0 Å². The first-order valence-corrected chi connectivity index (χ1v) is 9.44. The Morgan fingerprint density at radius 2 is 1.76 bits per heavy atom. The highest BCUT2D eigenvalue weighted by atomic mass is 32.2. The van der Waals surface area contributed by atoms with Crippen molar-refractivity contribution in [1.82, 2.24) is 0 Å². The second-order valence-electron chi connectivity index (χ2n) is 6.23. The van der Waals surface area contributed by atoms with Gasteiger partial charge in [0.05, 0.1) is 16.1 Å². The van der Waals surface area contributed by atoms with Gasteiger partial charge in [-0.05, 0) is 54.1 Å². The van der Waals surface area contributed by atoms with Gasteiger partial charge < -0.3 is 4.74 Å². The average Bonchev–Trinajstić information content (AvgIpc) is 3.12.